The second kappa shape index (κ2) is 10.4. The first-order valence-electron chi connectivity index (χ1n) is 10.5. The maximum atomic E-state index is 12.7. The normalized spacial score (nSPS) is 16.5. The van der Waals surface area contributed by atoms with E-state index < -0.39 is 0 Å². The second-order valence-corrected chi connectivity index (χ2v) is 7.88. The van der Waals surface area contributed by atoms with Crippen LogP contribution in [0, 0.1) is 0 Å². The lowest BCUT2D eigenvalue weighted by molar-refractivity contribution is -0.125. The highest BCUT2D eigenvalue weighted by Gasteiger charge is 2.21. The van der Waals surface area contributed by atoms with Crippen LogP contribution in [-0.4, -0.2) is 56.7 Å². The molecule has 0 saturated carbocycles. The monoisotopic (exact) mass is 395 g/mol. The van der Waals surface area contributed by atoms with Crippen molar-refractivity contribution in [1.82, 2.24) is 10.2 Å². The van der Waals surface area contributed by atoms with Gasteiger partial charge in [0.25, 0.3) is 0 Å². The first-order valence-corrected chi connectivity index (χ1v) is 10.5. The molecule has 2 aromatic rings. The van der Waals surface area contributed by atoms with E-state index in [9.17, 15) is 4.79 Å². The molecule has 5 nitrogen and oxygen atoms in total. The van der Waals surface area contributed by atoms with Crippen molar-refractivity contribution < 1.29 is 9.53 Å². The highest BCUT2D eigenvalue weighted by molar-refractivity contribution is 5.81. The number of nitrogens with one attached hydrogen (secondary N) is 1. The SMILES string of the molecule is C[C@H](C(=O)NC[C@H](C)c1ccccc1)N(C)Cc1ccccc1N1CCOCC1. The first kappa shape index (κ1) is 21.3. The van der Waals surface area contributed by atoms with Gasteiger partial charge < -0.3 is 15.0 Å². The van der Waals surface area contributed by atoms with Crippen LogP contribution < -0.4 is 10.2 Å². The minimum absolute atomic E-state index is 0.0686. The summed E-state index contributed by atoms with van der Waals surface area (Å²) in [5.41, 5.74) is 3.73. The Hall–Kier alpha value is -2.37. The lowest BCUT2D eigenvalue weighted by Gasteiger charge is -2.32. The van der Waals surface area contributed by atoms with Gasteiger partial charge in [-0.05, 0) is 37.1 Å². The summed E-state index contributed by atoms with van der Waals surface area (Å²) in [5.74, 6) is 0.360. The Kier molecular flexibility index (Phi) is 7.67. The zero-order valence-corrected chi connectivity index (χ0v) is 17.8. The molecule has 1 heterocycles. The van der Waals surface area contributed by atoms with Gasteiger partial charge in [-0.1, -0.05) is 55.5 Å². The molecule has 0 unspecified atom stereocenters. The maximum absolute atomic E-state index is 12.7. The lowest BCUT2D eigenvalue weighted by Crippen LogP contribution is -2.44. The highest BCUT2D eigenvalue weighted by Crippen LogP contribution is 2.23. The van der Waals surface area contributed by atoms with Crippen LogP contribution in [0.5, 0.6) is 0 Å². The van der Waals surface area contributed by atoms with Crippen molar-refractivity contribution in [3.63, 3.8) is 0 Å². The Morgan fingerprint density at radius 2 is 1.72 bits per heavy atom. The summed E-state index contributed by atoms with van der Waals surface area (Å²) in [6.07, 6.45) is 0. The molecule has 156 valence electrons. The summed E-state index contributed by atoms with van der Waals surface area (Å²) < 4.78 is 5.48. The van der Waals surface area contributed by atoms with Gasteiger partial charge in [-0.25, -0.2) is 0 Å². The van der Waals surface area contributed by atoms with Gasteiger partial charge in [0.2, 0.25) is 5.91 Å². The van der Waals surface area contributed by atoms with Gasteiger partial charge in [-0.15, -0.1) is 0 Å². The zero-order valence-electron chi connectivity index (χ0n) is 17.8. The minimum atomic E-state index is -0.198. The third-order valence-electron chi connectivity index (χ3n) is 5.75. The molecule has 29 heavy (non-hydrogen) atoms. The van der Waals surface area contributed by atoms with Crippen molar-refractivity contribution in [2.75, 3.05) is 44.8 Å². The number of likely N-dealkylation sites (N-methyl/N-ethyl adjacent to an activating group) is 1. The van der Waals surface area contributed by atoms with Gasteiger partial charge in [0.05, 0.1) is 19.3 Å². The number of hydrogen-bond acceptors (Lipinski definition) is 4. The van der Waals surface area contributed by atoms with Crippen molar-refractivity contribution in [1.29, 1.82) is 0 Å². The number of benzene rings is 2. The minimum Gasteiger partial charge on any atom is -0.378 e. The summed E-state index contributed by atoms with van der Waals surface area (Å²) in [6.45, 7) is 8.84. The number of anilines is 1. The van der Waals surface area contributed by atoms with Crippen molar-refractivity contribution in [2.45, 2.75) is 32.4 Å². The second-order valence-electron chi connectivity index (χ2n) is 7.88. The molecule has 0 aliphatic carbocycles. The number of amides is 1. The number of para-hydroxylation sites is 1. The molecular formula is C24H33N3O2. The molecule has 1 amide bonds. The van der Waals surface area contributed by atoms with Crippen LogP contribution in [-0.2, 0) is 16.1 Å². The van der Waals surface area contributed by atoms with E-state index in [0.29, 0.717) is 12.5 Å². The Labute approximate surface area is 174 Å². The van der Waals surface area contributed by atoms with E-state index in [4.69, 9.17) is 4.74 Å². The predicted molar refractivity (Wildman–Crippen MR) is 118 cm³/mol. The fourth-order valence-corrected chi connectivity index (χ4v) is 3.66. The summed E-state index contributed by atoms with van der Waals surface area (Å²) in [5, 5.41) is 3.12. The maximum Gasteiger partial charge on any atom is 0.237 e. The lowest BCUT2D eigenvalue weighted by atomic mass is 10.0. The summed E-state index contributed by atoms with van der Waals surface area (Å²) in [4.78, 5) is 17.2. The molecule has 1 saturated heterocycles. The number of rotatable bonds is 8. The molecule has 3 rings (SSSR count). The molecule has 0 bridgehead atoms. The van der Waals surface area contributed by atoms with Crippen molar-refractivity contribution in [2.24, 2.45) is 0 Å². The molecule has 5 heteroatoms. The molecule has 2 aromatic carbocycles. The molecule has 1 N–H and O–H groups in total. The van der Waals surface area contributed by atoms with Crippen molar-refractivity contribution in [3.05, 3.63) is 65.7 Å². The molecular weight excluding hydrogens is 362 g/mol. The van der Waals surface area contributed by atoms with Gasteiger partial charge in [0.15, 0.2) is 0 Å². The van der Waals surface area contributed by atoms with E-state index in [1.54, 1.807) is 0 Å². The van der Waals surface area contributed by atoms with E-state index >= 15 is 0 Å². The molecule has 0 radical (unpaired) electrons. The summed E-state index contributed by atoms with van der Waals surface area (Å²) >= 11 is 0. The Morgan fingerprint density at radius 1 is 1.07 bits per heavy atom. The van der Waals surface area contributed by atoms with Crippen molar-refractivity contribution >= 4 is 11.6 Å². The number of hydrogen-bond donors (Lipinski definition) is 1. The number of carbonyl (C=O) groups is 1. The molecule has 1 aliphatic heterocycles. The van der Waals surface area contributed by atoms with Crippen LogP contribution in [0.3, 0.4) is 0 Å². The average molecular weight is 396 g/mol. The summed E-state index contributed by atoms with van der Waals surface area (Å²) in [7, 11) is 2.01. The van der Waals surface area contributed by atoms with Gasteiger partial charge in [0.1, 0.15) is 0 Å². The summed E-state index contributed by atoms with van der Waals surface area (Å²) in [6, 6.07) is 18.6. The molecule has 0 aromatic heterocycles. The number of nitrogens with zero attached hydrogens (tertiary/aromatic N) is 2. The van der Waals surface area contributed by atoms with Crippen LogP contribution in [0.25, 0.3) is 0 Å². The smallest absolute Gasteiger partial charge is 0.237 e. The zero-order chi connectivity index (χ0) is 20.6. The van der Waals surface area contributed by atoms with Crippen LogP contribution in [0.1, 0.15) is 30.9 Å². The Morgan fingerprint density at radius 3 is 2.45 bits per heavy atom. The number of morpholine rings is 1. The van der Waals surface area contributed by atoms with E-state index in [0.717, 1.165) is 32.8 Å². The van der Waals surface area contributed by atoms with E-state index in [2.05, 4.69) is 58.4 Å². The fourth-order valence-electron chi connectivity index (χ4n) is 3.66. The van der Waals surface area contributed by atoms with Gasteiger partial charge in [-0.3, -0.25) is 9.69 Å². The first-order chi connectivity index (χ1) is 14.1. The van der Waals surface area contributed by atoms with Gasteiger partial charge >= 0.3 is 0 Å². The molecule has 1 fully saturated rings. The predicted octanol–water partition coefficient (Wildman–Crippen LogP) is 3.26. The number of carbonyl (C=O) groups excluding carboxylic acids is 1. The van der Waals surface area contributed by atoms with E-state index in [1.165, 1.54) is 16.8 Å². The molecule has 2 atom stereocenters. The fraction of sp³-hybridized carbons (Fsp3) is 0.458. The van der Waals surface area contributed by atoms with Crippen LogP contribution >= 0.6 is 0 Å². The number of ether oxygens (including phenoxy) is 1. The van der Waals surface area contributed by atoms with Gasteiger partial charge in [-0.2, -0.15) is 0 Å². The Balaban J connectivity index is 1.56. The highest BCUT2D eigenvalue weighted by atomic mass is 16.5. The van der Waals surface area contributed by atoms with E-state index in [1.807, 2.05) is 32.2 Å². The Bertz CT molecular complexity index is 775. The molecule has 0 spiro atoms. The van der Waals surface area contributed by atoms with Crippen LogP contribution in [0.2, 0.25) is 0 Å². The van der Waals surface area contributed by atoms with Crippen molar-refractivity contribution in [3.8, 4) is 0 Å². The topological polar surface area (TPSA) is 44.8 Å². The standard InChI is InChI=1S/C24H33N3O2/c1-19(21-9-5-4-6-10-21)17-25-24(28)20(2)26(3)18-22-11-7-8-12-23(22)27-13-15-29-16-14-27/h4-12,19-20H,13-18H2,1-3H3,(H,25,28)/t19-,20+/m0/s1. The third-order valence-corrected chi connectivity index (χ3v) is 5.75. The average Bonchev–Trinajstić information content (AvgIpc) is 2.78. The molecule has 1 aliphatic rings. The van der Waals surface area contributed by atoms with E-state index in [-0.39, 0.29) is 11.9 Å². The van der Waals surface area contributed by atoms with Crippen LogP contribution in [0.4, 0.5) is 5.69 Å². The van der Waals surface area contributed by atoms with Gasteiger partial charge in [0, 0.05) is 31.9 Å². The largest absolute Gasteiger partial charge is 0.378 e. The third kappa shape index (κ3) is 5.81. The quantitative estimate of drug-likeness (QED) is 0.745. The van der Waals surface area contributed by atoms with Crippen LogP contribution in [0.15, 0.2) is 54.6 Å².